The van der Waals surface area contributed by atoms with Gasteiger partial charge in [-0.3, -0.25) is 4.79 Å². The number of nitrogens with one attached hydrogen (secondary N) is 1. The van der Waals surface area contributed by atoms with E-state index in [1.807, 2.05) is 13.8 Å². The molecule has 0 bridgehead atoms. The number of hydrogen-bond acceptors (Lipinski definition) is 5. The van der Waals surface area contributed by atoms with Crippen LogP contribution in [0.3, 0.4) is 0 Å². The van der Waals surface area contributed by atoms with Crippen molar-refractivity contribution < 1.29 is 22.7 Å². The van der Waals surface area contributed by atoms with Crippen LogP contribution in [0.25, 0.3) is 0 Å². The zero-order valence-corrected chi connectivity index (χ0v) is 14.1. The molecular formula is C15H22N2O5S. The van der Waals surface area contributed by atoms with E-state index in [0.29, 0.717) is 25.4 Å². The molecule has 0 radical (unpaired) electrons. The highest BCUT2D eigenvalue weighted by molar-refractivity contribution is 7.89. The summed E-state index contributed by atoms with van der Waals surface area (Å²) in [7, 11) is -3.60. The fraction of sp³-hybridized carbons (Fsp3) is 0.533. The predicted octanol–water partition coefficient (Wildman–Crippen LogP) is 0.611. The summed E-state index contributed by atoms with van der Waals surface area (Å²) in [5.41, 5.74) is 0. The fourth-order valence-electron chi connectivity index (χ4n) is 2.15. The molecule has 0 saturated carbocycles. The number of benzene rings is 1. The molecule has 1 amide bonds. The maximum atomic E-state index is 12.2. The third-order valence-corrected chi connectivity index (χ3v) is 4.74. The molecule has 1 aliphatic heterocycles. The Bertz CT molecular complexity index is 628. The lowest BCUT2D eigenvalue weighted by Crippen LogP contribution is -2.45. The standard InChI is InChI=1S/C15H22N2O5S/c1-12(2)22-13-3-5-14(6-4-13)23(19,20)16-7-8-17-9-10-21-11-15(17)18/h3-6,12,16H,7-11H2,1-2H3. The van der Waals surface area contributed by atoms with E-state index in [4.69, 9.17) is 9.47 Å². The third kappa shape index (κ3) is 5.19. The summed E-state index contributed by atoms with van der Waals surface area (Å²) in [6, 6.07) is 6.25. The van der Waals surface area contributed by atoms with Gasteiger partial charge in [-0.25, -0.2) is 13.1 Å². The lowest BCUT2D eigenvalue weighted by atomic mass is 10.3. The average Bonchev–Trinajstić information content (AvgIpc) is 2.49. The van der Waals surface area contributed by atoms with Crippen LogP contribution in [0.2, 0.25) is 0 Å². The molecule has 1 aromatic carbocycles. The van der Waals surface area contributed by atoms with Gasteiger partial charge < -0.3 is 14.4 Å². The van der Waals surface area contributed by atoms with Gasteiger partial charge >= 0.3 is 0 Å². The molecule has 1 saturated heterocycles. The zero-order chi connectivity index (χ0) is 16.9. The average molecular weight is 342 g/mol. The molecule has 128 valence electrons. The molecule has 0 atom stereocenters. The van der Waals surface area contributed by atoms with E-state index in [-0.39, 0.29) is 30.1 Å². The number of carbonyl (C=O) groups is 1. The van der Waals surface area contributed by atoms with E-state index in [1.54, 1.807) is 17.0 Å². The summed E-state index contributed by atoms with van der Waals surface area (Å²) < 4.78 is 37.4. The van der Waals surface area contributed by atoms with Crippen LogP contribution < -0.4 is 9.46 Å². The lowest BCUT2D eigenvalue weighted by molar-refractivity contribution is -0.142. The van der Waals surface area contributed by atoms with E-state index < -0.39 is 10.0 Å². The van der Waals surface area contributed by atoms with Gasteiger partial charge in [-0.05, 0) is 38.1 Å². The molecule has 23 heavy (non-hydrogen) atoms. The number of amides is 1. The van der Waals surface area contributed by atoms with Crippen molar-refractivity contribution >= 4 is 15.9 Å². The van der Waals surface area contributed by atoms with Crippen molar-refractivity contribution in [2.24, 2.45) is 0 Å². The van der Waals surface area contributed by atoms with Crippen molar-refractivity contribution in [2.45, 2.75) is 24.8 Å². The summed E-state index contributed by atoms with van der Waals surface area (Å²) in [6.45, 7) is 5.33. The van der Waals surface area contributed by atoms with Gasteiger partial charge in [0.25, 0.3) is 0 Å². The second kappa shape index (κ2) is 7.76. The maximum Gasteiger partial charge on any atom is 0.248 e. The number of ether oxygens (including phenoxy) is 2. The normalized spacial score (nSPS) is 16.0. The van der Waals surface area contributed by atoms with Crippen LogP contribution in [-0.2, 0) is 19.6 Å². The quantitative estimate of drug-likeness (QED) is 0.785. The summed E-state index contributed by atoms with van der Waals surface area (Å²) in [6.07, 6.45) is 0.0293. The first-order valence-corrected chi connectivity index (χ1v) is 8.99. The zero-order valence-electron chi connectivity index (χ0n) is 13.3. The van der Waals surface area contributed by atoms with Gasteiger partial charge in [-0.15, -0.1) is 0 Å². The van der Waals surface area contributed by atoms with E-state index in [0.717, 1.165) is 0 Å². The highest BCUT2D eigenvalue weighted by atomic mass is 32.2. The number of carbonyl (C=O) groups excluding carboxylic acids is 1. The van der Waals surface area contributed by atoms with Crippen molar-refractivity contribution in [1.29, 1.82) is 0 Å². The summed E-state index contributed by atoms with van der Waals surface area (Å²) in [5, 5.41) is 0. The van der Waals surface area contributed by atoms with Gasteiger partial charge in [0.15, 0.2) is 0 Å². The number of hydrogen-bond donors (Lipinski definition) is 1. The van der Waals surface area contributed by atoms with Crippen molar-refractivity contribution in [3.05, 3.63) is 24.3 Å². The van der Waals surface area contributed by atoms with Crippen LogP contribution in [0.5, 0.6) is 5.75 Å². The first kappa shape index (κ1) is 17.7. The molecule has 1 N–H and O–H groups in total. The Morgan fingerprint density at radius 1 is 1.30 bits per heavy atom. The monoisotopic (exact) mass is 342 g/mol. The second-order valence-corrected chi connectivity index (χ2v) is 7.24. The molecule has 1 heterocycles. The van der Waals surface area contributed by atoms with Crippen molar-refractivity contribution in [2.75, 3.05) is 32.8 Å². The molecule has 7 nitrogen and oxygen atoms in total. The van der Waals surface area contributed by atoms with Gasteiger partial charge in [-0.2, -0.15) is 0 Å². The highest BCUT2D eigenvalue weighted by Crippen LogP contribution is 2.16. The van der Waals surface area contributed by atoms with Crippen LogP contribution in [0, 0.1) is 0 Å². The molecule has 1 aliphatic rings. The summed E-state index contributed by atoms with van der Waals surface area (Å²) in [4.78, 5) is 13.3. The predicted molar refractivity (Wildman–Crippen MR) is 84.8 cm³/mol. The van der Waals surface area contributed by atoms with E-state index in [1.165, 1.54) is 12.1 Å². The maximum absolute atomic E-state index is 12.2. The number of rotatable bonds is 7. The molecular weight excluding hydrogens is 320 g/mol. The van der Waals surface area contributed by atoms with Crippen LogP contribution in [0.4, 0.5) is 0 Å². The number of morpholine rings is 1. The second-order valence-electron chi connectivity index (χ2n) is 5.47. The van der Waals surface area contributed by atoms with Crippen molar-refractivity contribution in [3.8, 4) is 5.75 Å². The van der Waals surface area contributed by atoms with Crippen molar-refractivity contribution in [1.82, 2.24) is 9.62 Å². The Morgan fingerprint density at radius 3 is 2.61 bits per heavy atom. The molecule has 1 aromatic rings. The van der Waals surface area contributed by atoms with E-state index in [2.05, 4.69) is 4.72 Å². The van der Waals surface area contributed by atoms with Gasteiger partial charge in [0, 0.05) is 19.6 Å². The smallest absolute Gasteiger partial charge is 0.248 e. The van der Waals surface area contributed by atoms with Crippen LogP contribution in [0.15, 0.2) is 29.2 Å². The van der Waals surface area contributed by atoms with Crippen molar-refractivity contribution in [3.63, 3.8) is 0 Å². The minimum Gasteiger partial charge on any atom is -0.491 e. The molecule has 2 rings (SSSR count). The fourth-order valence-corrected chi connectivity index (χ4v) is 3.18. The first-order chi connectivity index (χ1) is 10.9. The molecule has 0 aliphatic carbocycles. The Hall–Kier alpha value is -1.64. The Labute approximate surface area is 136 Å². The van der Waals surface area contributed by atoms with Gasteiger partial charge in [0.1, 0.15) is 12.4 Å². The SMILES string of the molecule is CC(C)Oc1ccc(S(=O)(=O)NCCN2CCOCC2=O)cc1. The van der Waals surface area contributed by atoms with E-state index in [9.17, 15) is 13.2 Å². The van der Waals surface area contributed by atoms with Crippen LogP contribution in [-0.4, -0.2) is 58.2 Å². The number of sulfonamides is 1. The Balaban J connectivity index is 1.89. The molecule has 1 fully saturated rings. The van der Waals surface area contributed by atoms with Crippen LogP contribution in [0.1, 0.15) is 13.8 Å². The molecule has 8 heteroatoms. The lowest BCUT2D eigenvalue weighted by Gasteiger charge is -2.26. The minimum atomic E-state index is -3.60. The number of nitrogens with zero attached hydrogens (tertiary/aromatic N) is 1. The van der Waals surface area contributed by atoms with Crippen LogP contribution >= 0.6 is 0 Å². The van der Waals surface area contributed by atoms with E-state index >= 15 is 0 Å². The Morgan fingerprint density at radius 2 is 2.00 bits per heavy atom. The molecule has 0 unspecified atom stereocenters. The largest absolute Gasteiger partial charge is 0.491 e. The summed E-state index contributed by atoms with van der Waals surface area (Å²) in [5.74, 6) is 0.503. The Kier molecular flexibility index (Phi) is 5.97. The minimum absolute atomic E-state index is 0.0293. The molecule has 0 aromatic heterocycles. The topological polar surface area (TPSA) is 84.9 Å². The molecule has 0 spiro atoms. The van der Waals surface area contributed by atoms with Gasteiger partial charge in [0.2, 0.25) is 15.9 Å². The van der Waals surface area contributed by atoms with Gasteiger partial charge in [-0.1, -0.05) is 0 Å². The third-order valence-electron chi connectivity index (χ3n) is 3.26. The first-order valence-electron chi connectivity index (χ1n) is 7.50. The summed E-state index contributed by atoms with van der Waals surface area (Å²) >= 11 is 0. The van der Waals surface area contributed by atoms with Gasteiger partial charge in [0.05, 0.1) is 17.6 Å². The highest BCUT2D eigenvalue weighted by Gasteiger charge is 2.19.